The van der Waals surface area contributed by atoms with Crippen molar-refractivity contribution >= 4 is 22.6 Å². The van der Waals surface area contributed by atoms with Crippen LogP contribution in [0.4, 0.5) is 0 Å². The molecule has 0 saturated carbocycles. The van der Waals surface area contributed by atoms with E-state index < -0.39 is 22.7 Å². The minimum atomic E-state index is -2.25. The summed E-state index contributed by atoms with van der Waals surface area (Å²) < 4.78 is 25.4. The van der Waals surface area contributed by atoms with Gasteiger partial charge in [0.05, 0.1) is 7.47 Å². The topological polar surface area (TPSA) is 44.8 Å². The Kier molecular flexibility index (Phi) is 7.86. The molecule has 0 radical (unpaired) electrons. The molecule has 27 heavy (non-hydrogen) atoms. The third-order valence-corrected chi connectivity index (χ3v) is 12.0. The molecule has 2 unspecified atom stereocenters. The Balaban J connectivity index is 3.09. The lowest BCUT2D eigenvalue weighted by molar-refractivity contribution is -0.144. The largest absolute Gasteiger partial charge is 0.517 e. The summed E-state index contributed by atoms with van der Waals surface area (Å²) in [6.45, 7) is 16.7. The van der Waals surface area contributed by atoms with Crippen molar-refractivity contribution in [2.24, 2.45) is 0 Å². The average Bonchev–Trinajstić information content (AvgIpc) is 2.58. The number of ether oxygens (including phenoxy) is 1. The van der Waals surface area contributed by atoms with Crippen molar-refractivity contribution in [1.29, 1.82) is 0 Å². The molecule has 0 aliphatic carbocycles. The monoisotopic (exact) mass is 412 g/mol. The minimum Gasteiger partial charge on any atom is -0.517 e. The van der Waals surface area contributed by atoms with Gasteiger partial charge in [-0.05, 0) is 49.3 Å². The van der Waals surface area contributed by atoms with Crippen LogP contribution in [0.15, 0.2) is 30.3 Å². The number of rotatable bonds is 9. The van der Waals surface area contributed by atoms with Gasteiger partial charge in [-0.3, -0.25) is 4.79 Å². The molecule has 4 nitrogen and oxygen atoms in total. The van der Waals surface area contributed by atoms with Crippen LogP contribution in [-0.4, -0.2) is 35.8 Å². The minimum absolute atomic E-state index is 0.0213. The zero-order valence-corrected chi connectivity index (χ0v) is 20.3. The Hall–Kier alpha value is -0.956. The molecule has 0 aliphatic heterocycles. The molecular formula is C21H38O4Si2. The molecule has 1 aromatic rings. The molecule has 0 bridgehead atoms. The number of hydrogen-bond donors (Lipinski definition) is 0. The standard InChI is InChI=1S/C21H38O4Si2/c1-10-18(23-5)16-26(6,7)24-19(17-14-12-11-13-15-17)20(22)25-27(8,9)21(2,3)4/h11-15,18-19H,10,16H2,1-9H3/i5T. The summed E-state index contributed by atoms with van der Waals surface area (Å²) in [7, 11) is -4.56. The van der Waals surface area contributed by atoms with E-state index in [0.29, 0.717) is 0 Å². The third kappa shape index (κ3) is 7.18. The van der Waals surface area contributed by atoms with Gasteiger partial charge in [0.2, 0.25) is 0 Å². The van der Waals surface area contributed by atoms with Crippen LogP contribution in [0.3, 0.4) is 0 Å². The van der Waals surface area contributed by atoms with Gasteiger partial charge in [0.1, 0.15) is 0 Å². The highest BCUT2D eigenvalue weighted by molar-refractivity contribution is 6.75. The highest BCUT2D eigenvalue weighted by Crippen LogP contribution is 2.38. The first-order valence-electron chi connectivity index (χ1n) is 10.4. The Morgan fingerprint density at radius 2 is 1.74 bits per heavy atom. The molecule has 2 atom stereocenters. The van der Waals surface area contributed by atoms with Crippen molar-refractivity contribution < 1.29 is 19.8 Å². The summed E-state index contributed by atoms with van der Waals surface area (Å²) in [5.41, 5.74) is 0.821. The van der Waals surface area contributed by atoms with Gasteiger partial charge in [-0.15, -0.1) is 0 Å². The van der Waals surface area contributed by atoms with E-state index in [2.05, 4.69) is 47.0 Å². The second kappa shape index (κ2) is 9.50. The lowest BCUT2D eigenvalue weighted by Crippen LogP contribution is -2.45. The Labute approximate surface area is 169 Å². The van der Waals surface area contributed by atoms with Crippen LogP contribution in [0.2, 0.25) is 37.3 Å². The maximum absolute atomic E-state index is 13.2. The number of carbonyl (C=O) groups excluding carboxylic acids is 1. The van der Waals surface area contributed by atoms with Gasteiger partial charge in [0, 0.05) is 7.09 Å². The smallest absolute Gasteiger partial charge is 0.325 e. The molecule has 6 heteroatoms. The maximum Gasteiger partial charge on any atom is 0.325 e. The molecular weight excluding hydrogens is 372 g/mol. The summed E-state index contributed by atoms with van der Waals surface area (Å²) >= 11 is 0. The van der Waals surface area contributed by atoms with Gasteiger partial charge in [0.15, 0.2) is 14.4 Å². The fraction of sp³-hybridized carbons (Fsp3) is 0.667. The third-order valence-electron chi connectivity index (χ3n) is 5.33. The van der Waals surface area contributed by atoms with E-state index in [0.717, 1.165) is 18.0 Å². The molecule has 1 aromatic carbocycles. The summed E-state index contributed by atoms with van der Waals surface area (Å²) in [5, 5.41) is -0.0634. The fourth-order valence-corrected chi connectivity index (χ4v) is 5.96. The predicted octanol–water partition coefficient (Wildman–Crippen LogP) is 5.92. The van der Waals surface area contributed by atoms with Gasteiger partial charge in [0.25, 0.3) is 8.32 Å². The SMILES string of the molecule is [3H]COC(CC)C[Si](C)(C)OC(C(=O)O[Si](C)(C)C(C)(C)C)c1ccccc1. The average molecular weight is 413 g/mol. The maximum atomic E-state index is 13.2. The zero-order chi connectivity index (χ0) is 21.6. The molecule has 0 spiro atoms. The zero-order valence-electron chi connectivity index (χ0n) is 19.3. The van der Waals surface area contributed by atoms with Crippen molar-refractivity contribution in [3.8, 4) is 0 Å². The second-order valence-corrected chi connectivity index (χ2v) is 18.1. The lowest BCUT2D eigenvalue weighted by Gasteiger charge is -2.38. The lowest BCUT2D eigenvalue weighted by atomic mass is 10.1. The second-order valence-electron chi connectivity index (χ2n) is 9.25. The van der Waals surface area contributed by atoms with E-state index in [9.17, 15) is 4.79 Å². The number of methoxy groups -OCH3 is 1. The van der Waals surface area contributed by atoms with Gasteiger partial charge in [-0.25, -0.2) is 0 Å². The van der Waals surface area contributed by atoms with Crippen molar-refractivity contribution in [3.63, 3.8) is 0 Å². The fourth-order valence-electron chi connectivity index (χ4n) is 2.57. The molecule has 0 N–H and O–H groups in total. The quantitative estimate of drug-likeness (QED) is 0.472. The number of hydrogen-bond acceptors (Lipinski definition) is 4. The Morgan fingerprint density at radius 3 is 2.22 bits per heavy atom. The number of carbonyl (C=O) groups is 1. The first kappa shape index (κ1) is 22.3. The van der Waals surface area contributed by atoms with Gasteiger partial charge < -0.3 is 13.6 Å². The summed E-state index contributed by atoms with van der Waals surface area (Å²) in [6.07, 6.45) is 0.0702. The van der Waals surface area contributed by atoms with Gasteiger partial charge in [-0.1, -0.05) is 58.0 Å². The van der Waals surface area contributed by atoms with Crippen LogP contribution in [0.1, 0.15) is 47.2 Å². The Morgan fingerprint density at radius 1 is 1.15 bits per heavy atom. The van der Waals surface area contributed by atoms with E-state index in [1.807, 2.05) is 37.3 Å². The molecule has 0 fully saturated rings. The predicted molar refractivity (Wildman–Crippen MR) is 117 cm³/mol. The van der Waals surface area contributed by atoms with E-state index in [1.54, 1.807) is 0 Å². The first-order chi connectivity index (χ1) is 12.8. The molecule has 154 valence electrons. The highest BCUT2D eigenvalue weighted by atomic mass is 28.4. The van der Waals surface area contributed by atoms with Crippen molar-refractivity contribution in [2.75, 3.05) is 7.09 Å². The van der Waals surface area contributed by atoms with Crippen LogP contribution < -0.4 is 0 Å². The van der Waals surface area contributed by atoms with E-state index >= 15 is 0 Å². The Bertz CT molecular complexity index is 615. The van der Waals surface area contributed by atoms with Crippen LogP contribution in [-0.2, 0) is 18.4 Å². The van der Waals surface area contributed by atoms with Crippen molar-refractivity contribution in [1.82, 2.24) is 0 Å². The first-order valence-corrected chi connectivity index (χ1v) is 15.7. The van der Waals surface area contributed by atoms with Crippen LogP contribution in [0.25, 0.3) is 0 Å². The summed E-state index contributed by atoms with van der Waals surface area (Å²) in [6, 6.07) is 10.3. The molecule has 0 heterocycles. The van der Waals surface area contributed by atoms with Crippen LogP contribution in [0, 0.1) is 0 Å². The number of benzene rings is 1. The molecule has 0 aliphatic rings. The van der Waals surface area contributed by atoms with Crippen LogP contribution >= 0.6 is 0 Å². The highest BCUT2D eigenvalue weighted by Gasteiger charge is 2.43. The molecule has 0 saturated heterocycles. The molecule has 0 aromatic heterocycles. The van der Waals surface area contributed by atoms with E-state index in [-0.39, 0.29) is 24.2 Å². The van der Waals surface area contributed by atoms with Crippen LogP contribution in [0.5, 0.6) is 0 Å². The van der Waals surface area contributed by atoms with Gasteiger partial charge in [-0.2, -0.15) is 0 Å². The molecule has 1 rings (SSSR count). The summed E-state index contributed by atoms with van der Waals surface area (Å²) in [5.74, 6) is -0.298. The summed E-state index contributed by atoms with van der Waals surface area (Å²) in [4.78, 5) is 13.2. The van der Waals surface area contributed by atoms with E-state index in [4.69, 9.17) is 15.0 Å². The van der Waals surface area contributed by atoms with E-state index in [1.165, 1.54) is 0 Å². The normalized spacial score (nSPS) is 15.8. The molecule has 0 amide bonds. The van der Waals surface area contributed by atoms with Gasteiger partial charge >= 0.3 is 5.97 Å². The van der Waals surface area contributed by atoms with Crippen molar-refractivity contribution in [3.05, 3.63) is 35.9 Å². The van der Waals surface area contributed by atoms with Crippen molar-refractivity contribution in [2.45, 2.75) is 83.6 Å².